The Hall–Kier alpha value is -1.31. The number of hydrogen-bond donors (Lipinski definition) is 4. The molecule has 0 aliphatic carbocycles. The second-order valence-corrected chi connectivity index (χ2v) is 5.55. The number of aromatic nitrogens is 1. The van der Waals surface area contributed by atoms with E-state index in [1.54, 1.807) is 6.92 Å². The van der Waals surface area contributed by atoms with E-state index in [2.05, 4.69) is 4.98 Å². The van der Waals surface area contributed by atoms with Gasteiger partial charge in [-0.2, -0.15) is 0 Å². The van der Waals surface area contributed by atoms with Crippen LogP contribution in [0.4, 0.5) is 11.5 Å². The second-order valence-electron chi connectivity index (χ2n) is 4.28. The lowest BCUT2D eigenvalue weighted by Crippen LogP contribution is -2.21. The Balaban J connectivity index is 2.74. The van der Waals surface area contributed by atoms with E-state index in [-0.39, 0.29) is 10.9 Å². The minimum absolute atomic E-state index is 0.0173. The van der Waals surface area contributed by atoms with Gasteiger partial charge in [0.15, 0.2) is 5.12 Å². The molecule has 106 valence electrons. The third-order valence-electron chi connectivity index (χ3n) is 2.86. The molecule has 6 N–H and O–H groups in total. The average molecular weight is 285 g/mol. The highest BCUT2D eigenvalue weighted by Crippen LogP contribution is 2.28. The van der Waals surface area contributed by atoms with Crippen LogP contribution in [0.1, 0.15) is 30.6 Å². The zero-order valence-corrected chi connectivity index (χ0v) is 11.8. The average Bonchev–Trinajstić information content (AvgIpc) is 2.35. The number of nitrogen functional groups attached to an aromatic ring is 2. The molecule has 1 heterocycles. The summed E-state index contributed by atoms with van der Waals surface area (Å²) < 4.78 is 0. The molecule has 0 aliphatic heterocycles. The summed E-state index contributed by atoms with van der Waals surface area (Å²) in [6, 6.07) is 0. The first-order valence-electron chi connectivity index (χ1n) is 5.84. The molecule has 0 aliphatic rings. The molecule has 0 spiro atoms. The third kappa shape index (κ3) is 4.09. The zero-order chi connectivity index (χ0) is 14.6. The topological polar surface area (TPSA) is 122 Å². The van der Waals surface area contributed by atoms with Gasteiger partial charge >= 0.3 is 0 Å². The number of nitrogens with two attached hydrogens (primary N) is 2. The standard InChI is InChI=1S/C12H19N3O3S/c1-6-8(5-15-12(14)10(6)13)11(18)9(17)3-4-19-7(2)16/h5,9,11,17-18H,3-4,13H2,1-2H3,(H2,14,15). The number of aliphatic hydroxyl groups excluding tert-OH is 2. The van der Waals surface area contributed by atoms with Crippen molar-refractivity contribution >= 4 is 28.4 Å². The first kappa shape index (κ1) is 15.7. The molecule has 2 atom stereocenters. The van der Waals surface area contributed by atoms with Crippen LogP contribution in [0.2, 0.25) is 0 Å². The van der Waals surface area contributed by atoms with Crippen molar-refractivity contribution < 1.29 is 15.0 Å². The number of carbonyl (C=O) groups excluding carboxylic acids is 1. The van der Waals surface area contributed by atoms with Gasteiger partial charge in [0, 0.05) is 24.4 Å². The normalized spacial score (nSPS) is 14.1. The number of carbonyl (C=O) groups is 1. The molecule has 1 rings (SSSR count). The van der Waals surface area contributed by atoms with Gasteiger partial charge in [-0.05, 0) is 18.9 Å². The summed E-state index contributed by atoms with van der Waals surface area (Å²) in [5.41, 5.74) is 12.7. The van der Waals surface area contributed by atoms with Crippen LogP contribution in [0, 0.1) is 6.92 Å². The van der Waals surface area contributed by atoms with Gasteiger partial charge in [0.2, 0.25) is 0 Å². The minimum Gasteiger partial charge on any atom is -0.396 e. The van der Waals surface area contributed by atoms with Crippen LogP contribution in [0.5, 0.6) is 0 Å². The van der Waals surface area contributed by atoms with Crippen molar-refractivity contribution in [2.75, 3.05) is 17.2 Å². The lowest BCUT2D eigenvalue weighted by atomic mass is 9.99. The molecular formula is C12H19N3O3S. The molecule has 0 radical (unpaired) electrons. The van der Waals surface area contributed by atoms with E-state index >= 15 is 0 Å². The van der Waals surface area contributed by atoms with Crippen molar-refractivity contribution in [1.82, 2.24) is 4.98 Å². The van der Waals surface area contributed by atoms with E-state index in [4.69, 9.17) is 11.5 Å². The maximum absolute atomic E-state index is 10.8. The predicted octanol–water partition coefficient (Wildman–Crippen LogP) is 0.619. The van der Waals surface area contributed by atoms with Gasteiger partial charge in [-0.15, -0.1) is 0 Å². The number of hydrogen-bond acceptors (Lipinski definition) is 7. The third-order valence-corrected chi connectivity index (χ3v) is 3.70. The summed E-state index contributed by atoms with van der Waals surface area (Å²) in [5.74, 6) is 0.653. The molecule has 0 bridgehead atoms. The fraction of sp³-hybridized carbons (Fsp3) is 0.500. The highest BCUT2D eigenvalue weighted by atomic mass is 32.2. The van der Waals surface area contributed by atoms with Crippen molar-refractivity contribution in [2.24, 2.45) is 0 Å². The predicted molar refractivity (Wildman–Crippen MR) is 76.5 cm³/mol. The molecular weight excluding hydrogens is 266 g/mol. The van der Waals surface area contributed by atoms with Gasteiger partial charge < -0.3 is 21.7 Å². The Morgan fingerprint density at radius 2 is 2.11 bits per heavy atom. The molecule has 19 heavy (non-hydrogen) atoms. The van der Waals surface area contributed by atoms with Crippen LogP contribution in [0.25, 0.3) is 0 Å². The molecule has 1 aromatic rings. The molecule has 0 fully saturated rings. The van der Waals surface area contributed by atoms with Gasteiger partial charge in [-0.25, -0.2) is 4.98 Å². The number of aliphatic hydroxyl groups is 2. The quantitative estimate of drug-likeness (QED) is 0.625. The van der Waals surface area contributed by atoms with E-state index in [0.717, 1.165) is 11.8 Å². The second kappa shape index (κ2) is 6.74. The summed E-state index contributed by atoms with van der Waals surface area (Å²) in [4.78, 5) is 14.7. The van der Waals surface area contributed by atoms with Gasteiger partial charge in [0.1, 0.15) is 11.9 Å². The van der Waals surface area contributed by atoms with E-state index < -0.39 is 12.2 Å². The summed E-state index contributed by atoms with van der Waals surface area (Å²) in [5, 5.41) is 19.9. The molecule has 2 unspecified atom stereocenters. The molecule has 7 heteroatoms. The van der Waals surface area contributed by atoms with E-state index in [9.17, 15) is 15.0 Å². The maximum Gasteiger partial charge on any atom is 0.185 e. The summed E-state index contributed by atoms with van der Waals surface area (Å²) >= 11 is 1.11. The number of rotatable bonds is 5. The number of anilines is 2. The van der Waals surface area contributed by atoms with Crippen LogP contribution in [-0.4, -0.2) is 32.2 Å². The van der Waals surface area contributed by atoms with Crippen molar-refractivity contribution in [1.29, 1.82) is 0 Å². The first-order chi connectivity index (χ1) is 8.84. The molecule has 0 saturated carbocycles. The highest BCUT2D eigenvalue weighted by Gasteiger charge is 2.22. The van der Waals surface area contributed by atoms with Gasteiger partial charge in [-0.3, -0.25) is 4.79 Å². The number of pyridine rings is 1. The van der Waals surface area contributed by atoms with Gasteiger partial charge in [-0.1, -0.05) is 11.8 Å². The lowest BCUT2D eigenvalue weighted by Gasteiger charge is -2.20. The molecule has 1 aromatic heterocycles. The van der Waals surface area contributed by atoms with Gasteiger partial charge in [0.05, 0.1) is 11.8 Å². The van der Waals surface area contributed by atoms with Crippen molar-refractivity contribution in [3.05, 3.63) is 17.3 Å². The summed E-state index contributed by atoms with van der Waals surface area (Å²) in [7, 11) is 0. The fourth-order valence-corrected chi connectivity index (χ4v) is 2.29. The van der Waals surface area contributed by atoms with Crippen molar-refractivity contribution in [2.45, 2.75) is 32.5 Å². The monoisotopic (exact) mass is 285 g/mol. The van der Waals surface area contributed by atoms with Crippen LogP contribution in [-0.2, 0) is 4.79 Å². The van der Waals surface area contributed by atoms with E-state index in [1.165, 1.54) is 13.1 Å². The Morgan fingerprint density at radius 1 is 1.47 bits per heavy atom. The van der Waals surface area contributed by atoms with Crippen molar-refractivity contribution in [3.8, 4) is 0 Å². The largest absolute Gasteiger partial charge is 0.396 e. The fourth-order valence-electron chi connectivity index (χ4n) is 1.64. The lowest BCUT2D eigenvalue weighted by molar-refractivity contribution is -0.109. The SMILES string of the molecule is CC(=O)SCCC(O)C(O)c1cnc(N)c(N)c1C. The first-order valence-corrected chi connectivity index (χ1v) is 6.83. The highest BCUT2D eigenvalue weighted by molar-refractivity contribution is 8.13. The molecule has 0 aromatic carbocycles. The summed E-state index contributed by atoms with van der Waals surface area (Å²) in [6.07, 6.45) is -0.361. The van der Waals surface area contributed by atoms with Crippen LogP contribution in [0.15, 0.2) is 6.20 Å². The molecule has 6 nitrogen and oxygen atoms in total. The van der Waals surface area contributed by atoms with Crippen LogP contribution < -0.4 is 11.5 Å². The van der Waals surface area contributed by atoms with Gasteiger partial charge in [0.25, 0.3) is 0 Å². The number of thioether (sulfide) groups is 1. The number of nitrogens with zero attached hydrogens (tertiary/aromatic N) is 1. The Labute approximate surface area is 116 Å². The Kier molecular flexibility index (Phi) is 5.59. The molecule has 0 saturated heterocycles. The van der Waals surface area contributed by atoms with E-state index in [0.29, 0.717) is 29.0 Å². The Bertz CT molecular complexity index is 468. The van der Waals surface area contributed by atoms with Crippen LogP contribution in [0.3, 0.4) is 0 Å². The summed E-state index contributed by atoms with van der Waals surface area (Å²) in [6.45, 7) is 3.17. The Morgan fingerprint density at radius 3 is 2.68 bits per heavy atom. The van der Waals surface area contributed by atoms with Crippen molar-refractivity contribution in [3.63, 3.8) is 0 Å². The molecule has 0 amide bonds. The van der Waals surface area contributed by atoms with E-state index in [1.807, 2.05) is 0 Å². The maximum atomic E-state index is 10.8. The van der Waals surface area contributed by atoms with Crippen LogP contribution >= 0.6 is 11.8 Å². The zero-order valence-electron chi connectivity index (χ0n) is 11.0. The minimum atomic E-state index is -1.09. The smallest absolute Gasteiger partial charge is 0.185 e.